The van der Waals surface area contributed by atoms with Crippen LogP contribution in [0.1, 0.15) is 28.8 Å². The molecular weight excluding hydrogens is 260 g/mol. The maximum absolute atomic E-state index is 11.1. The van der Waals surface area contributed by atoms with E-state index >= 15 is 0 Å². The standard InChI is InChI=1S/C14H20N2O2S/c1-9-6-11(7-12(13(9)15)14(17)18)16-8-10-2-4-19-5-3-10/h6-7,10,16H,2-5,8,15H2,1H3,(H,17,18). The number of aryl methyl sites for hydroxylation is 1. The van der Waals surface area contributed by atoms with Crippen LogP contribution in [0, 0.1) is 12.8 Å². The second-order valence-corrected chi connectivity index (χ2v) is 6.22. The SMILES string of the molecule is Cc1cc(NCC2CCSCC2)cc(C(=O)O)c1N. The highest BCUT2D eigenvalue weighted by Crippen LogP contribution is 2.25. The zero-order valence-corrected chi connectivity index (χ0v) is 11.9. The zero-order valence-electron chi connectivity index (χ0n) is 11.1. The number of hydrogen-bond donors (Lipinski definition) is 3. The summed E-state index contributed by atoms with van der Waals surface area (Å²) in [6.45, 7) is 2.74. The Hall–Kier alpha value is -1.36. The van der Waals surface area contributed by atoms with Crippen molar-refractivity contribution in [2.24, 2.45) is 5.92 Å². The first-order chi connectivity index (χ1) is 9.08. The number of carbonyl (C=O) groups is 1. The van der Waals surface area contributed by atoms with Crippen molar-refractivity contribution in [3.63, 3.8) is 0 Å². The Morgan fingerprint density at radius 1 is 1.47 bits per heavy atom. The van der Waals surface area contributed by atoms with E-state index in [2.05, 4.69) is 5.32 Å². The van der Waals surface area contributed by atoms with Gasteiger partial charge in [-0.1, -0.05) is 0 Å². The monoisotopic (exact) mass is 280 g/mol. The molecule has 5 heteroatoms. The molecule has 1 saturated heterocycles. The first kappa shape index (κ1) is 14.1. The van der Waals surface area contributed by atoms with Gasteiger partial charge in [-0.25, -0.2) is 4.79 Å². The highest BCUT2D eigenvalue weighted by atomic mass is 32.2. The van der Waals surface area contributed by atoms with Crippen LogP contribution in [0.2, 0.25) is 0 Å². The average molecular weight is 280 g/mol. The van der Waals surface area contributed by atoms with Gasteiger partial charge in [-0.2, -0.15) is 11.8 Å². The average Bonchev–Trinajstić information content (AvgIpc) is 2.41. The third kappa shape index (κ3) is 3.56. The normalized spacial score (nSPS) is 16.3. The summed E-state index contributed by atoms with van der Waals surface area (Å²) in [5.41, 5.74) is 7.97. The van der Waals surface area contributed by atoms with Crippen molar-refractivity contribution in [3.8, 4) is 0 Å². The van der Waals surface area contributed by atoms with Crippen molar-refractivity contribution in [2.75, 3.05) is 29.1 Å². The number of carboxylic acids is 1. The molecular formula is C14H20N2O2S. The van der Waals surface area contributed by atoms with Crippen molar-refractivity contribution in [1.29, 1.82) is 0 Å². The van der Waals surface area contributed by atoms with Gasteiger partial charge in [-0.15, -0.1) is 0 Å². The predicted octanol–water partition coefficient (Wildman–Crippen LogP) is 2.83. The second-order valence-electron chi connectivity index (χ2n) is 5.00. The molecule has 0 atom stereocenters. The summed E-state index contributed by atoms with van der Waals surface area (Å²) in [5.74, 6) is 2.17. The van der Waals surface area contributed by atoms with Crippen LogP contribution < -0.4 is 11.1 Å². The molecule has 0 aromatic heterocycles. The predicted molar refractivity (Wildman–Crippen MR) is 81.1 cm³/mol. The van der Waals surface area contributed by atoms with E-state index in [4.69, 9.17) is 10.8 Å². The Kier molecular flexibility index (Phi) is 4.58. The molecule has 1 aliphatic rings. The van der Waals surface area contributed by atoms with Gasteiger partial charge in [0, 0.05) is 17.9 Å². The lowest BCUT2D eigenvalue weighted by atomic mass is 10.0. The van der Waals surface area contributed by atoms with Crippen molar-refractivity contribution in [2.45, 2.75) is 19.8 Å². The summed E-state index contributed by atoms with van der Waals surface area (Å²) >= 11 is 2.01. The lowest BCUT2D eigenvalue weighted by Crippen LogP contribution is -2.19. The lowest BCUT2D eigenvalue weighted by molar-refractivity contribution is 0.0698. The van der Waals surface area contributed by atoms with Gasteiger partial charge < -0.3 is 16.2 Å². The van der Waals surface area contributed by atoms with Gasteiger partial charge in [0.25, 0.3) is 0 Å². The number of aromatic carboxylic acids is 1. The number of anilines is 2. The van der Waals surface area contributed by atoms with Crippen LogP contribution in [-0.2, 0) is 0 Å². The van der Waals surface area contributed by atoms with Crippen molar-refractivity contribution in [3.05, 3.63) is 23.3 Å². The minimum Gasteiger partial charge on any atom is -0.478 e. The van der Waals surface area contributed by atoms with Crippen LogP contribution in [0.4, 0.5) is 11.4 Å². The van der Waals surface area contributed by atoms with E-state index in [0.717, 1.165) is 17.8 Å². The van der Waals surface area contributed by atoms with E-state index in [-0.39, 0.29) is 5.56 Å². The molecule has 4 nitrogen and oxygen atoms in total. The van der Waals surface area contributed by atoms with Gasteiger partial charge in [-0.3, -0.25) is 0 Å². The highest BCUT2D eigenvalue weighted by molar-refractivity contribution is 7.99. The quantitative estimate of drug-likeness (QED) is 0.739. The van der Waals surface area contributed by atoms with E-state index in [1.807, 2.05) is 24.8 Å². The van der Waals surface area contributed by atoms with E-state index in [9.17, 15) is 4.79 Å². The smallest absolute Gasteiger partial charge is 0.337 e. The molecule has 0 unspecified atom stereocenters. The van der Waals surface area contributed by atoms with Crippen molar-refractivity contribution >= 4 is 29.1 Å². The van der Waals surface area contributed by atoms with Crippen LogP contribution in [0.3, 0.4) is 0 Å². The number of nitrogens with one attached hydrogen (secondary N) is 1. The molecule has 4 N–H and O–H groups in total. The molecule has 1 heterocycles. The second kappa shape index (κ2) is 6.19. The van der Waals surface area contributed by atoms with Crippen molar-refractivity contribution < 1.29 is 9.90 Å². The summed E-state index contributed by atoms with van der Waals surface area (Å²) in [6, 6.07) is 3.54. The highest BCUT2D eigenvalue weighted by Gasteiger charge is 2.15. The molecule has 0 radical (unpaired) electrons. The fourth-order valence-electron chi connectivity index (χ4n) is 2.29. The van der Waals surface area contributed by atoms with Gasteiger partial charge in [0.15, 0.2) is 0 Å². The largest absolute Gasteiger partial charge is 0.478 e. The van der Waals surface area contributed by atoms with E-state index in [0.29, 0.717) is 11.6 Å². The van der Waals surface area contributed by atoms with Crippen LogP contribution >= 0.6 is 11.8 Å². The van der Waals surface area contributed by atoms with Gasteiger partial charge in [0.2, 0.25) is 0 Å². The summed E-state index contributed by atoms with van der Waals surface area (Å²) in [4.78, 5) is 11.1. The molecule has 104 valence electrons. The van der Waals surface area contributed by atoms with Crippen LogP contribution in [-0.4, -0.2) is 29.1 Å². The number of thioether (sulfide) groups is 1. The minimum atomic E-state index is -0.974. The Morgan fingerprint density at radius 3 is 2.79 bits per heavy atom. The number of nitrogen functional groups attached to an aromatic ring is 1. The van der Waals surface area contributed by atoms with E-state index in [1.165, 1.54) is 24.3 Å². The van der Waals surface area contributed by atoms with Crippen LogP contribution in [0.15, 0.2) is 12.1 Å². The molecule has 0 saturated carbocycles. The summed E-state index contributed by atoms with van der Waals surface area (Å²) in [7, 11) is 0. The summed E-state index contributed by atoms with van der Waals surface area (Å²) in [6.07, 6.45) is 2.47. The zero-order chi connectivity index (χ0) is 13.8. The third-order valence-electron chi connectivity index (χ3n) is 3.55. The molecule has 0 spiro atoms. The fourth-order valence-corrected chi connectivity index (χ4v) is 3.49. The number of benzene rings is 1. The molecule has 0 bridgehead atoms. The number of carboxylic acid groups (broad SMARTS) is 1. The van der Waals surface area contributed by atoms with Crippen LogP contribution in [0.25, 0.3) is 0 Å². The third-order valence-corrected chi connectivity index (χ3v) is 4.60. The molecule has 19 heavy (non-hydrogen) atoms. The summed E-state index contributed by atoms with van der Waals surface area (Å²) in [5, 5.41) is 12.5. The molecule has 1 fully saturated rings. The first-order valence-corrected chi connectivity index (χ1v) is 7.68. The van der Waals surface area contributed by atoms with Crippen LogP contribution in [0.5, 0.6) is 0 Å². The van der Waals surface area contributed by atoms with Gasteiger partial charge in [0.05, 0.1) is 5.56 Å². The minimum absolute atomic E-state index is 0.182. The fraction of sp³-hybridized carbons (Fsp3) is 0.500. The molecule has 0 aliphatic carbocycles. The Morgan fingerprint density at radius 2 is 2.16 bits per heavy atom. The number of rotatable bonds is 4. The Bertz CT molecular complexity index is 471. The molecule has 1 aromatic carbocycles. The summed E-state index contributed by atoms with van der Waals surface area (Å²) < 4.78 is 0. The topological polar surface area (TPSA) is 75.3 Å². The van der Waals surface area contributed by atoms with Gasteiger partial charge in [-0.05, 0) is 54.9 Å². The maximum atomic E-state index is 11.1. The van der Waals surface area contributed by atoms with Crippen molar-refractivity contribution in [1.82, 2.24) is 0 Å². The number of hydrogen-bond acceptors (Lipinski definition) is 4. The number of nitrogens with two attached hydrogens (primary N) is 1. The van der Waals surface area contributed by atoms with E-state index < -0.39 is 5.97 Å². The first-order valence-electron chi connectivity index (χ1n) is 6.53. The lowest BCUT2D eigenvalue weighted by Gasteiger charge is -2.22. The molecule has 1 aromatic rings. The molecule has 1 aliphatic heterocycles. The molecule has 0 amide bonds. The molecule has 2 rings (SSSR count). The Labute approximate surface area is 117 Å². The van der Waals surface area contributed by atoms with E-state index in [1.54, 1.807) is 6.07 Å². The van der Waals surface area contributed by atoms with Gasteiger partial charge in [0.1, 0.15) is 0 Å². The maximum Gasteiger partial charge on any atom is 0.337 e. The Balaban J connectivity index is 2.05. The van der Waals surface area contributed by atoms with Gasteiger partial charge >= 0.3 is 5.97 Å².